The summed E-state index contributed by atoms with van der Waals surface area (Å²) in [6, 6.07) is 0. The molecule has 0 aromatic heterocycles. The van der Waals surface area contributed by atoms with E-state index in [0.717, 1.165) is 24.9 Å². The molecule has 5 saturated carbocycles. The van der Waals surface area contributed by atoms with Crippen molar-refractivity contribution < 1.29 is 4.74 Å². The van der Waals surface area contributed by atoms with Crippen molar-refractivity contribution in [2.75, 3.05) is 6.61 Å². The third-order valence-corrected chi connectivity index (χ3v) is 7.17. The van der Waals surface area contributed by atoms with E-state index in [1.807, 2.05) is 0 Å². The highest BCUT2D eigenvalue weighted by Gasteiger charge is 2.54. The molecule has 4 bridgehead atoms. The molecule has 0 aromatic rings. The van der Waals surface area contributed by atoms with Crippen LogP contribution in [0.15, 0.2) is 10.2 Å². The molecule has 5 nitrogen and oxygen atoms in total. The summed E-state index contributed by atoms with van der Waals surface area (Å²) in [5.41, 5.74) is 12.7. The SMILES string of the molecule is NC(N)=N/N=C1\C2C[C@@H]3C[C@H](C2)CC1(CCCOC1CCCCC1)C3. The minimum Gasteiger partial charge on any atom is -0.378 e. The zero-order valence-corrected chi connectivity index (χ0v) is 15.5. The van der Waals surface area contributed by atoms with Gasteiger partial charge in [0.25, 0.3) is 0 Å². The number of rotatable bonds is 6. The highest BCUT2D eigenvalue weighted by molar-refractivity contribution is 5.94. The van der Waals surface area contributed by atoms with Crippen molar-refractivity contribution in [1.82, 2.24) is 0 Å². The van der Waals surface area contributed by atoms with E-state index in [-0.39, 0.29) is 11.4 Å². The van der Waals surface area contributed by atoms with Gasteiger partial charge in [0, 0.05) is 23.7 Å². The number of guanidine groups is 1. The number of nitrogens with two attached hydrogens (primary N) is 2. The van der Waals surface area contributed by atoms with Crippen LogP contribution in [0.1, 0.15) is 77.0 Å². The maximum absolute atomic E-state index is 6.17. The summed E-state index contributed by atoms with van der Waals surface area (Å²) in [6.07, 6.45) is 16.1. The molecule has 4 N–H and O–H groups in total. The maximum Gasteiger partial charge on any atom is 0.211 e. The van der Waals surface area contributed by atoms with Crippen LogP contribution in [-0.2, 0) is 4.74 Å². The van der Waals surface area contributed by atoms with Gasteiger partial charge in [0.1, 0.15) is 0 Å². The Morgan fingerprint density at radius 3 is 2.44 bits per heavy atom. The third kappa shape index (κ3) is 3.71. The molecule has 5 fully saturated rings. The van der Waals surface area contributed by atoms with Crippen molar-refractivity contribution in [3.63, 3.8) is 0 Å². The lowest BCUT2D eigenvalue weighted by Crippen LogP contribution is -2.53. The van der Waals surface area contributed by atoms with Gasteiger partial charge in [-0.05, 0) is 69.6 Å². The van der Waals surface area contributed by atoms with Crippen molar-refractivity contribution in [2.24, 2.45) is 44.8 Å². The van der Waals surface area contributed by atoms with Crippen molar-refractivity contribution in [3.05, 3.63) is 0 Å². The zero-order chi connectivity index (χ0) is 17.3. The summed E-state index contributed by atoms with van der Waals surface area (Å²) < 4.78 is 6.17. The molecule has 0 radical (unpaired) electrons. The lowest BCUT2D eigenvalue weighted by molar-refractivity contribution is 0.00823. The molecule has 4 atom stereocenters. The minimum atomic E-state index is 0.0806. The van der Waals surface area contributed by atoms with Crippen LogP contribution < -0.4 is 11.5 Å². The van der Waals surface area contributed by atoms with E-state index in [0.29, 0.717) is 12.0 Å². The van der Waals surface area contributed by atoms with E-state index in [1.165, 1.54) is 76.3 Å². The van der Waals surface area contributed by atoms with E-state index >= 15 is 0 Å². The molecule has 5 heteroatoms. The van der Waals surface area contributed by atoms with Gasteiger partial charge in [-0.1, -0.05) is 19.3 Å². The number of ether oxygens (including phenoxy) is 1. The molecule has 2 unspecified atom stereocenters. The topological polar surface area (TPSA) is 86.0 Å². The Morgan fingerprint density at radius 1 is 1.04 bits per heavy atom. The zero-order valence-electron chi connectivity index (χ0n) is 15.5. The van der Waals surface area contributed by atoms with Crippen LogP contribution in [0.4, 0.5) is 0 Å². The van der Waals surface area contributed by atoms with Crippen LogP contribution in [0.3, 0.4) is 0 Å². The molecule has 5 aliphatic carbocycles. The van der Waals surface area contributed by atoms with Gasteiger partial charge < -0.3 is 16.2 Å². The van der Waals surface area contributed by atoms with Gasteiger partial charge in [0.15, 0.2) is 0 Å². The van der Waals surface area contributed by atoms with E-state index in [1.54, 1.807) is 0 Å². The Balaban J connectivity index is 1.39. The van der Waals surface area contributed by atoms with Crippen LogP contribution in [0.25, 0.3) is 0 Å². The average molecular weight is 347 g/mol. The lowest BCUT2D eigenvalue weighted by Gasteiger charge is -2.57. The van der Waals surface area contributed by atoms with Crippen LogP contribution in [0, 0.1) is 23.2 Å². The number of nitrogens with zero attached hydrogens (tertiary/aromatic N) is 2. The summed E-state index contributed by atoms with van der Waals surface area (Å²) >= 11 is 0. The fourth-order valence-electron chi connectivity index (χ4n) is 6.48. The van der Waals surface area contributed by atoms with Gasteiger partial charge in [0.05, 0.1) is 6.10 Å². The molecule has 140 valence electrons. The maximum atomic E-state index is 6.17. The Labute approximate surface area is 151 Å². The fraction of sp³-hybridized carbons (Fsp3) is 0.900. The quantitative estimate of drug-likeness (QED) is 0.334. The van der Waals surface area contributed by atoms with Crippen molar-refractivity contribution in [3.8, 4) is 0 Å². The summed E-state index contributed by atoms with van der Waals surface area (Å²) in [5.74, 6) is 2.50. The second-order valence-corrected chi connectivity index (χ2v) is 9.07. The Morgan fingerprint density at radius 2 is 1.76 bits per heavy atom. The normalized spacial score (nSPS) is 39.0. The van der Waals surface area contributed by atoms with Gasteiger partial charge in [-0.2, -0.15) is 5.10 Å². The first kappa shape index (κ1) is 17.3. The predicted molar refractivity (Wildman–Crippen MR) is 101 cm³/mol. The monoisotopic (exact) mass is 346 g/mol. The van der Waals surface area contributed by atoms with Crippen molar-refractivity contribution in [1.29, 1.82) is 0 Å². The van der Waals surface area contributed by atoms with Gasteiger partial charge in [0.2, 0.25) is 5.96 Å². The first-order chi connectivity index (χ1) is 12.1. The fourth-order valence-corrected chi connectivity index (χ4v) is 6.48. The molecule has 0 aliphatic heterocycles. The molecule has 25 heavy (non-hydrogen) atoms. The van der Waals surface area contributed by atoms with E-state index < -0.39 is 0 Å². The Bertz CT molecular complexity index is 520. The van der Waals surface area contributed by atoms with Crippen LogP contribution >= 0.6 is 0 Å². The molecule has 0 spiro atoms. The highest BCUT2D eigenvalue weighted by Crippen LogP contribution is 2.60. The Kier molecular flexibility index (Phi) is 5.03. The van der Waals surface area contributed by atoms with Crippen LogP contribution in [0.5, 0.6) is 0 Å². The summed E-state index contributed by atoms with van der Waals surface area (Å²) in [4.78, 5) is 0. The van der Waals surface area contributed by atoms with Crippen LogP contribution in [-0.4, -0.2) is 24.4 Å². The lowest BCUT2D eigenvalue weighted by atomic mass is 9.47. The number of hydrogen-bond donors (Lipinski definition) is 2. The Hall–Kier alpha value is -1.10. The third-order valence-electron chi connectivity index (χ3n) is 7.17. The highest BCUT2D eigenvalue weighted by atomic mass is 16.5. The first-order valence-corrected chi connectivity index (χ1v) is 10.4. The van der Waals surface area contributed by atoms with Gasteiger partial charge in [-0.3, -0.25) is 0 Å². The second-order valence-electron chi connectivity index (χ2n) is 9.07. The average Bonchev–Trinajstić information content (AvgIpc) is 2.58. The molecule has 0 aromatic carbocycles. The van der Waals surface area contributed by atoms with Crippen molar-refractivity contribution in [2.45, 2.75) is 83.2 Å². The predicted octanol–water partition coefficient (Wildman–Crippen LogP) is 3.57. The molecular weight excluding hydrogens is 312 g/mol. The molecule has 5 aliphatic rings. The summed E-state index contributed by atoms with van der Waals surface area (Å²) in [5, 5.41) is 8.62. The van der Waals surface area contributed by atoms with Gasteiger partial charge in [-0.25, -0.2) is 0 Å². The molecular formula is C20H34N4O. The largest absolute Gasteiger partial charge is 0.378 e. The van der Waals surface area contributed by atoms with Crippen LogP contribution in [0.2, 0.25) is 0 Å². The number of hydrogen-bond acceptors (Lipinski definition) is 3. The molecule has 0 saturated heterocycles. The minimum absolute atomic E-state index is 0.0806. The second kappa shape index (κ2) is 7.26. The molecule has 5 rings (SSSR count). The van der Waals surface area contributed by atoms with E-state index in [2.05, 4.69) is 10.2 Å². The molecule has 0 heterocycles. The summed E-state index contributed by atoms with van der Waals surface area (Å²) in [6.45, 7) is 0.905. The van der Waals surface area contributed by atoms with E-state index in [9.17, 15) is 0 Å². The van der Waals surface area contributed by atoms with Crippen molar-refractivity contribution >= 4 is 11.7 Å². The standard InChI is InChI=1S/C20H34N4O/c21-19(22)24-23-18-16-10-14-9-15(11-16)13-20(18,12-14)7-4-8-25-17-5-2-1-3-6-17/h14-17H,1-13H2,(H4,21,22,24)/b23-18+/t14-,15+,16?,20?. The van der Waals surface area contributed by atoms with E-state index in [4.69, 9.17) is 16.2 Å². The van der Waals surface area contributed by atoms with Gasteiger partial charge in [-0.15, -0.1) is 5.10 Å². The first-order valence-electron chi connectivity index (χ1n) is 10.4. The van der Waals surface area contributed by atoms with Gasteiger partial charge >= 0.3 is 0 Å². The smallest absolute Gasteiger partial charge is 0.211 e. The summed E-state index contributed by atoms with van der Waals surface area (Å²) in [7, 11) is 0. The molecule has 0 amide bonds.